The molecule has 0 atom stereocenters. The molecule has 1 aliphatic heterocycles. The van der Waals surface area contributed by atoms with Crippen molar-refractivity contribution in [1.82, 2.24) is 20.2 Å². The van der Waals surface area contributed by atoms with Crippen LogP contribution < -0.4 is 10.1 Å². The Balaban J connectivity index is 1.71. The summed E-state index contributed by atoms with van der Waals surface area (Å²) in [5.41, 5.74) is 2.33. The number of carbonyl (C=O) groups excluding carboxylic acids is 2. The van der Waals surface area contributed by atoms with Crippen molar-refractivity contribution in [1.29, 1.82) is 0 Å². The van der Waals surface area contributed by atoms with E-state index in [1.165, 1.54) is 17.3 Å². The first-order valence-corrected chi connectivity index (χ1v) is 9.43. The van der Waals surface area contributed by atoms with Crippen LogP contribution in [0.3, 0.4) is 0 Å². The standard InChI is InChI=1S/C20H22F2N4O4/c1-12-7-13(25-8-16(12)30-11-17(21)22)9-26-10-15-14(20(26)29)3-5-23-18(15)19(28)24-4-2-6-27/h3,5,7-8,17,27H,2,4,6,9-11H2,1H3,(H,24,28). The van der Waals surface area contributed by atoms with Crippen LogP contribution in [-0.4, -0.2) is 58.0 Å². The first-order valence-electron chi connectivity index (χ1n) is 9.43. The van der Waals surface area contributed by atoms with E-state index in [1.807, 2.05) is 0 Å². The summed E-state index contributed by atoms with van der Waals surface area (Å²) in [4.78, 5) is 35.0. The maximum Gasteiger partial charge on any atom is 0.272 e. The van der Waals surface area contributed by atoms with Crippen molar-refractivity contribution in [3.63, 3.8) is 0 Å². The van der Waals surface area contributed by atoms with Gasteiger partial charge in [-0.25, -0.2) is 8.78 Å². The Bertz CT molecular complexity index is 939. The molecule has 160 valence electrons. The molecule has 0 bridgehead atoms. The van der Waals surface area contributed by atoms with Gasteiger partial charge in [0.1, 0.15) is 18.1 Å². The minimum Gasteiger partial charge on any atom is -0.486 e. The molecule has 0 spiro atoms. The minimum absolute atomic E-state index is 0.0365. The van der Waals surface area contributed by atoms with Crippen LogP contribution in [0.15, 0.2) is 24.5 Å². The zero-order valence-corrected chi connectivity index (χ0v) is 16.4. The van der Waals surface area contributed by atoms with Crippen LogP contribution >= 0.6 is 0 Å². The van der Waals surface area contributed by atoms with Crippen LogP contribution in [0.1, 0.15) is 44.1 Å². The number of aliphatic hydroxyl groups is 1. The van der Waals surface area contributed by atoms with Crippen molar-refractivity contribution in [3.05, 3.63) is 52.6 Å². The third kappa shape index (κ3) is 4.88. The summed E-state index contributed by atoms with van der Waals surface area (Å²) in [6.45, 7) is 1.67. The number of rotatable bonds is 9. The molecule has 0 aliphatic carbocycles. The lowest BCUT2D eigenvalue weighted by molar-refractivity contribution is 0.0761. The van der Waals surface area contributed by atoms with Crippen LogP contribution in [-0.2, 0) is 13.1 Å². The number of halogens is 2. The molecule has 0 saturated carbocycles. The third-order valence-corrected chi connectivity index (χ3v) is 4.60. The number of amides is 2. The first kappa shape index (κ1) is 21.6. The molecular weight excluding hydrogens is 398 g/mol. The van der Waals surface area contributed by atoms with Crippen LogP contribution in [0.5, 0.6) is 5.75 Å². The lowest BCUT2D eigenvalue weighted by Crippen LogP contribution is -2.27. The van der Waals surface area contributed by atoms with Crippen LogP contribution in [0, 0.1) is 6.92 Å². The number of aliphatic hydroxyl groups excluding tert-OH is 1. The fraction of sp³-hybridized carbons (Fsp3) is 0.400. The Kier molecular flexibility index (Phi) is 6.88. The van der Waals surface area contributed by atoms with Gasteiger partial charge in [0, 0.05) is 37.0 Å². The normalized spacial score (nSPS) is 13.0. The van der Waals surface area contributed by atoms with E-state index in [-0.39, 0.29) is 37.0 Å². The maximum atomic E-state index is 12.8. The van der Waals surface area contributed by atoms with Crippen molar-refractivity contribution in [2.45, 2.75) is 32.9 Å². The molecule has 0 unspecified atom stereocenters. The molecule has 1 aliphatic rings. The molecular formula is C20H22F2N4O4. The second kappa shape index (κ2) is 9.57. The van der Waals surface area contributed by atoms with E-state index in [0.717, 1.165) is 0 Å². The van der Waals surface area contributed by atoms with E-state index in [0.29, 0.717) is 35.3 Å². The zero-order chi connectivity index (χ0) is 21.7. The molecule has 30 heavy (non-hydrogen) atoms. The van der Waals surface area contributed by atoms with Crippen molar-refractivity contribution in [3.8, 4) is 5.75 Å². The number of nitrogens with one attached hydrogen (secondary N) is 1. The lowest BCUT2D eigenvalue weighted by atomic mass is 10.1. The highest BCUT2D eigenvalue weighted by atomic mass is 19.3. The highest BCUT2D eigenvalue weighted by Gasteiger charge is 2.32. The molecule has 3 rings (SSSR count). The lowest BCUT2D eigenvalue weighted by Gasteiger charge is -2.16. The van der Waals surface area contributed by atoms with Gasteiger partial charge in [-0.2, -0.15) is 0 Å². The smallest absolute Gasteiger partial charge is 0.272 e. The van der Waals surface area contributed by atoms with Gasteiger partial charge in [-0.1, -0.05) is 0 Å². The van der Waals surface area contributed by atoms with Gasteiger partial charge < -0.3 is 20.1 Å². The van der Waals surface area contributed by atoms with Gasteiger partial charge in [-0.15, -0.1) is 0 Å². The van der Waals surface area contributed by atoms with Crippen LogP contribution in [0.2, 0.25) is 0 Å². The average Bonchev–Trinajstić information content (AvgIpc) is 3.03. The quantitative estimate of drug-likeness (QED) is 0.599. The Morgan fingerprint density at radius 1 is 1.40 bits per heavy atom. The molecule has 0 aromatic carbocycles. The van der Waals surface area contributed by atoms with E-state index in [1.54, 1.807) is 19.1 Å². The third-order valence-electron chi connectivity index (χ3n) is 4.60. The number of ether oxygens (including phenoxy) is 1. The second-order valence-corrected chi connectivity index (χ2v) is 6.82. The molecule has 0 saturated heterocycles. The number of hydrogen-bond donors (Lipinski definition) is 2. The summed E-state index contributed by atoms with van der Waals surface area (Å²) < 4.78 is 29.6. The van der Waals surface area contributed by atoms with Crippen LogP contribution in [0.4, 0.5) is 8.78 Å². The van der Waals surface area contributed by atoms with Gasteiger partial charge in [0.15, 0.2) is 0 Å². The topological polar surface area (TPSA) is 105 Å². The van der Waals surface area contributed by atoms with Crippen molar-refractivity contribution >= 4 is 11.8 Å². The van der Waals surface area contributed by atoms with E-state index in [4.69, 9.17) is 9.84 Å². The molecule has 10 heteroatoms. The number of hydrogen-bond acceptors (Lipinski definition) is 6. The second-order valence-electron chi connectivity index (χ2n) is 6.82. The summed E-state index contributed by atoms with van der Waals surface area (Å²) in [5, 5.41) is 11.5. The average molecular weight is 420 g/mol. The Hall–Kier alpha value is -3.14. The Morgan fingerprint density at radius 3 is 2.90 bits per heavy atom. The number of pyridine rings is 2. The summed E-state index contributed by atoms with van der Waals surface area (Å²) in [6.07, 6.45) is 0.628. The molecule has 0 radical (unpaired) electrons. The Labute approximate surface area is 171 Å². The number of nitrogens with zero attached hydrogens (tertiary/aromatic N) is 3. The van der Waals surface area contributed by atoms with E-state index >= 15 is 0 Å². The number of carbonyl (C=O) groups is 2. The van der Waals surface area contributed by atoms with Gasteiger partial charge in [0.05, 0.1) is 18.4 Å². The van der Waals surface area contributed by atoms with Gasteiger partial charge in [0.25, 0.3) is 18.2 Å². The van der Waals surface area contributed by atoms with Crippen molar-refractivity contribution in [2.24, 2.45) is 0 Å². The molecule has 2 N–H and O–H groups in total. The van der Waals surface area contributed by atoms with E-state index < -0.39 is 18.9 Å². The fourth-order valence-corrected chi connectivity index (χ4v) is 3.16. The van der Waals surface area contributed by atoms with Crippen LogP contribution in [0.25, 0.3) is 0 Å². The van der Waals surface area contributed by atoms with Crippen molar-refractivity contribution in [2.75, 3.05) is 19.8 Å². The van der Waals surface area contributed by atoms with Gasteiger partial charge in [-0.05, 0) is 31.0 Å². The highest BCUT2D eigenvalue weighted by molar-refractivity contribution is 6.03. The molecule has 2 aromatic rings. The monoisotopic (exact) mass is 420 g/mol. The first-order chi connectivity index (χ1) is 14.4. The van der Waals surface area contributed by atoms with Gasteiger partial charge in [0.2, 0.25) is 0 Å². The molecule has 0 fully saturated rings. The van der Waals surface area contributed by atoms with Crippen molar-refractivity contribution < 1.29 is 28.2 Å². The maximum absolute atomic E-state index is 12.8. The number of aromatic nitrogens is 2. The van der Waals surface area contributed by atoms with E-state index in [9.17, 15) is 18.4 Å². The molecule has 2 aromatic heterocycles. The Morgan fingerprint density at radius 2 is 2.20 bits per heavy atom. The molecule has 2 amide bonds. The summed E-state index contributed by atoms with van der Waals surface area (Å²) >= 11 is 0. The highest BCUT2D eigenvalue weighted by Crippen LogP contribution is 2.27. The molecule has 8 nitrogen and oxygen atoms in total. The van der Waals surface area contributed by atoms with Gasteiger partial charge >= 0.3 is 0 Å². The predicted molar refractivity (Wildman–Crippen MR) is 102 cm³/mol. The minimum atomic E-state index is -2.58. The zero-order valence-electron chi connectivity index (χ0n) is 16.4. The summed E-state index contributed by atoms with van der Waals surface area (Å²) in [5.74, 6) is -0.375. The number of fused-ring (bicyclic) bond motifs is 1. The van der Waals surface area contributed by atoms with E-state index in [2.05, 4.69) is 15.3 Å². The SMILES string of the molecule is Cc1cc(CN2Cc3c(ccnc3C(=O)NCCCO)C2=O)ncc1OCC(F)F. The largest absolute Gasteiger partial charge is 0.486 e. The fourth-order valence-electron chi connectivity index (χ4n) is 3.16. The van der Waals surface area contributed by atoms with Gasteiger partial charge in [-0.3, -0.25) is 19.6 Å². The summed E-state index contributed by atoms with van der Waals surface area (Å²) in [7, 11) is 0. The molecule has 3 heterocycles. The predicted octanol–water partition coefficient (Wildman–Crippen LogP) is 1.70. The number of alkyl halides is 2. The summed E-state index contributed by atoms with van der Waals surface area (Å²) in [6, 6.07) is 3.25. The number of aryl methyl sites for hydroxylation is 1.